The van der Waals surface area contributed by atoms with Gasteiger partial charge in [0, 0.05) is 36.0 Å². The second-order valence-corrected chi connectivity index (χ2v) is 5.71. The molecule has 0 aliphatic rings. The van der Waals surface area contributed by atoms with Crippen molar-refractivity contribution in [1.29, 1.82) is 0 Å². The Morgan fingerprint density at radius 1 is 1.53 bits per heavy atom. The molecule has 0 aromatic carbocycles. The van der Waals surface area contributed by atoms with Crippen LogP contribution >= 0.6 is 11.3 Å². The van der Waals surface area contributed by atoms with Gasteiger partial charge in [0.15, 0.2) is 0 Å². The molecule has 0 saturated heterocycles. The van der Waals surface area contributed by atoms with Gasteiger partial charge in [0.2, 0.25) is 0 Å². The van der Waals surface area contributed by atoms with Crippen molar-refractivity contribution < 1.29 is 4.74 Å². The van der Waals surface area contributed by atoms with E-state index in [2.05, 4.69) is 31.7 Å². The third kappa shape index (κ3) is 4.07. The first kappa shape index (κ1) is 14.6. The van der Waals surface area contributed by atoms with E-state index >= 15 is 0 Å². The highest BCUT2D eigenvalue weighted by atomic mass is 32.1. The van der Waals surface area contributed by atoms with Crippen LogP contribution in [-0.2, 0) is 17.8 Å². The molecule has 1 heterocycles. The molecule has 1 atom stereocenters. The normalized spacial score (nSPS) is 13.3. The molecule has 0 aliphatic heterocycles. The monoisotopic (exact) mass is 256 g/mol. The number of nitrogens with zero attached hydrogens (tertiary/aromatic N) is 1. The molecule has 4 heteroatoms. The van der Waals surface area contributed by atoms with Gasteiger partial charge >= 0.3 is 0 Å². The fraction of sp³-hybridized carbons (Fsp3) is 0.692. The van der Waals surface area contributed by atoms with Crippen molar-refractivity contribution in [2.24, 2.45) is 5.73 Å². The lowest BCUT2D eigenvalue weighted by atomic mass is 10.2. The van der Waals surface area contributed by atoms with Crippen molar-refractivity contribution in [3.05, 3.63) is 21.4 Å². The van der Waals surface area contributed by atoms with Crippen LogP contribution in [0.25, 0.3) is 0 Å². The summed E-state index contributed by atoms with van der Waals surface area (Å²) in [7, 11) is 1.76. The average molecular weight is 256 g/mol. The number of methoxy groups -OCH3 is 1. The molecule has 1 rings (SSSR count). The largest absolute Gasteiger partial charge is 0.383 e. The number of thiophene rings is 1. The summed E-state index contributed by atoms with van der Waals surface area (Å²) in [6.45, 7) is 10.0. The Labute approximate surface area is 109 Å². The van der Waals surface area contributed by atoms with E-state index in [4.69, 9.17) is 10.5 Å². The molecule has 0 bridgehead atoms. The summed E-state index contributed by atoms with van der Waals surface area (Å²) in [6.07, 6.45) is 0. The van der Waals surface area contributed by atoms with Crippen LogP contribution in [0.1, 0.15) is 29.2 Å². The first-order valence-electron chi connectivity index (χ1n) is 6.13. The van der Waals surface area contributed by atoms with E-state index in [9.17, 15) is 0 Å². The molecular weight excluding hydrogens is 232 g/mol. The van der Waals surface area contributed by atoms with E-state index in [1.165, 1.54) is 15.3 Å². The molecule has 1 aromatic heterocycles. The molecule has 1 unspecified atom stereocenters. The standard InChI is InChI=1S/C13H24N2OS/c1-5-15(10(2)9-16-4)8-12-6-13(7-14)17-11(12)3/h6,10H,5,7-9,14H2,1-4H3. The van der Waals surface area contributed by atoms with Gasteiger partial charge in [-0.15, -0.1) is 11.3 Å². The minimum absolute atomic E-state index is 0.450. The maximum Gasteiger partial charge on any atom is 0.0615 e. The highest BCUT2D eigenvalue weighted by molar-refractivity contribution is 7.12. The molecule has 3 nitrogen and oxygen atoms in total. The third-order valence-corrected chi connectivity index (χ3v) is 4.20. The summed E-state index contributed by atoms with van der Waals surface area (Å²) in [5.74, 6) is 0. The van der Waals surface area contributed by atoms with Crippen molar-refractivity contribution in [2.45, 2.75) is 39.9 Å². The van der Waals surface area contributed by atoms with Crippen LogP contribution in [-0.4, -0.2) is 31.2 Å². The summed E-state index contributed by atoms with van der Waals surface area (Å²) < 4.78 is 5.22. The van der Waals surface area contributed by atoms with Gasteiger partial charge in [0.1, 0.15) is 0 Å². The van der Waals surface area contributed by atoms with Crippen molar-refractivity contribution in [3.8, 4) is 0 Å². The van der Waals surface area contributed by atoms with Crippen LogP contribution in [0.5, 0.6) is 0 Å². The summed E-state index contributed by atoms with van der Waals surface area (Å²) in [4.78, 5) is 5.08. The van der Waals surface area contributed by atoms with E-state index in [0.717, 1.165) is 19.7 Å². The molecule has 2 N–H and O–H groups in total. The van der Waals surface area contributed by atoms with Gasteiger partial charge in [-0.05, 0) is 32.0 Å². The number of nitrogens with two attached hydrogens (primary N) is 1. The second-order valence-electron chi connectivity index (χ2n) is 4.37. The third-order valence-electron chi connectivity index (χ3n) is 3.08. The van der Waals surface area contributed by atoms with Crippen molar-refractivity contribution in [2.75, 3.05) is 20.3 Å². The van der Waals surface area contributed by atoms with Gasteiger partial charge in [0.05, 0.1) is 6.61 Å². The van der Waals surface area contributed by atoms with E-state index in [0.29, 0.717) is 12.6 Å². The molecule has 0 saturated carbocycles. The Balaban J connectivity index is 2.69. The van der Waals surface area contributed by atoms with Crippen molar-refractivity contribution in [1.82, 2.24) is 4.90 Å². The van der Waals surface area contributed by atoms with Crippen molar-refractivity contribution >= 4 is 11.3 Å². The molecule has 0 amide bonds. The Kier molecular flexibility index (Phi) is 6.12. The average Bonchev–Trinajstić information content (AvgIpc) is 2.67. The minimum atomic E-state index is 0.450. The van der Waals surface area contributed by atoms with Gasteiger partial charge in [-0.1, -0.05) is 6.92 Å². The number of aryl methyl sites for hydroxylation is 1. The highest BCUT2D eigenvalue weighted by Crippen LogP contribution is 2.23. The Morgan fingerprint density at radius 2 is 2.24 bits per heavy atom. The van der Waals surface area contributed by atoms with Crippen LogP contribution < -0.4 is 5.73 Å². The van der Waals surface area contributed by atoms with Crippen LogP contribution in [0.4, 0.5) is 0 Å². The quantitative estimate of drug-likeness (QED) is 0.814. The van der Waals surface area contributed by atoms with Crippen LogP contribution in [0, 0.1) is 6.92 Å². The van der Waals surface area contributed by atoms with Gasteiger partial charge in [0.25, 0.3) is 0 Å². The van der Waals surface area contributed by atoms with Crippen LogP contribution in [0.3, 0.4) is 0 Å². The van der Waals surface area contributed by atoms with Gasteiger partial charge in [-0.25, -0.2) is 0 Å². The first-order chi connectivity index (χ1) is 8.12. The Bertz CT molecular complexity index is 338. The zero-order chi connectivity index (χ0) is 12.8. The SMILES string of the molecule is CCN(Cc1cc(CN)sc1C)C(C)COC. The molecule has 0 spiro atoms. The second kappa shape index (κ2) is 7.11. The van der Waals surface area contributed by atoms with Crippen LogP contribution in [0.15, 0.2) is 6.07 Å². The zero-order valence-electron chi connectivity index (χ0n) is 11.3. The lowest BCUT2D eigenvalue weighted by Crippen LogP contribution is -2.35. The maximum absolute atomic E-state index is 5.68. The summed E-state index contributed by atoms with van der Waals surface area (Å²) in [5.41, 5.74) is 7.08. The molecule has 17 heavy (non-hydrogen) atoms. The molecule has 0 radical (unpaired) electrons. The highest BCUT2D eigenvalue weighted by Gasteiger charge is 2.14. The minimum Gasteiger partial charge on any atom is -0.383 e. The van der Waals surface area contributed by atoms with Crippen LogP contribution in [0.2, 0.25) is 0 Å². The Morgan fingerprint density at radius 3 is 2.71 bits per heavy atom. The van der Waals surface area contributed by atoms with Gasteiger partial charge in [-0.3, -0.25) is 4.90 Å². The summed E-state index contributed by atoms with van der Waals surface area (Å²) >= 11 is 1.81. The fourth-order valence-corrected chi connectivity index (χ4v) is 2.92. The van der Waals surface area contributed by atoms with E-state index < -0.39 is 0 Å². The lowest BCUT2D eigenvalue weighted by Gasteiger charge is -2.27. The van der Waals surface area contributed by atoms with E-state index in [1.54, 1.807) is 7.11 Å². The zero-order valence-corrected chi connectivity index (χ0v) is 12.1. The molecule has 0 aliphatic carbocycles. The Hall–Kier alpha value is -0.420. The van der Waals surface area contributed by atoms with E-state index in [1.807, 2.05) is 11.3 Å². The predicted octanol–water partition coefficient (Wildman–Crippen LogP) is 2.37. The number of hydrogen-bond donors (Lipinski definition) is 1. The number of ether oxygens (including phenoxy) is 1. The number of likely N-dealkylation sites (N-methyl/N-ethyl adjacent to an activating group) is 1. The molecule has 98 valence electrons. The number of rotatable bonds is 7. The predicted molar refractivity (Wildman–Crippen MR) is 74.4 cm³/mol. The van der Waals surface area contributed by atoms with Gasteiger partial charge < -0.3 is 10.5 Å². The van der Waals surface area contributed by atoms with Gasteiger partial charge in [-0.2, -0.15) is 0 Å². The molecule has 1 aromatic rings. The van der Waals surface area contributed by atoms with Crippen molar-refractivity contribution in [3.63, 3.8) is 0 Å². The fourth-order valence-electron chi connectivity index (χ4n) is 1.99. The molecule has 0 fully saturated rings. The summed E-state index contributed by atoms with van der Waals surface area (Å²) in [6, 6.07) is 2.69. The molecular formula is C13H24N2OS. The first-order valence-corrected chi connectivity index (χ1v) is 6.95. The van der Waals surface area contributed by atoms with E-state index in [-0.39, 0.29) is 0 Å². The maximum atomic E-state index is 5.68. The number of hydrogen-bond acceptors (Lipinski definition) is 4. The topological polar surface area (TPSA) is 38.5 Å². The smallest absolute Gasteiger partial charge is 0.0615 e. The lowest BCUT2D eigenvalue weighted by molar-refractivity contribution is 0.0982. The summed E-state index contributed by atoms with van der Waals surface area (Å²) in [5, 5.41) is 0.